The third-order valence-corrected chi connectivity index (χ3v) is 3.88. The lowest BCUT2D eigenvalue weighted by Crippen LogP contribution is -2.44. The van der Waals surface area contributed by atoms with Gasteiger partial charge in [0.15, 0.2) is 0 Å². The van der Waals surface area contributed by atoms with Crippen molar-refractivity contribution in [1.82, 2.24) is 5.32 Å². The molecule has 4 heteroatoms. The quantitative estimate of drug-likeness (QED) is 0.761. The number of nitrogens with two attached hydrogens (primary N) is 1. The zero-order valence-corrected chi connectivity index (χ0v) is 12.4. The molecule has 0 aliphatic heterocycles. The maximum absolute atomic E-state index is 11.5. The van der Waals surface area contributed by atoms with Crippen molar-refractivity contribution in [2.75, 3.05) is 18.0 Å². The number of carbonyl (C=O) groups excluding carboxylic acids is 1. The number of para-hydroxylation sites is 1. The van der Waals surface area contributed by atoms with E-state index >= 15 is 0 Å². The Balaban J connectivity index is 1.95. The number of hydrogen-bond donors (Lipinski definition) is 2. The smallest absolute Gasteiger partial charge is 0.234 e. The summed E-state index contributed by atoms with van der Waals surface area (Å²) in [7, 11) is 0. The molecule has 1 unspecified atom stereocenters. The van der Waals surface area contributed by atoms with Gasteiger partial charge in [-0.15, -0.1) is 0 Å². The minimum absolute atomic E-state index is 0.208. The number of nitrogens with one attached hydrogen (secondary N) is 1. The van der Waals surface area contributed by atoms with E-state index in [0.29, 0.717) is 6.04 Å². The number of aryl methyl sites for hydroxylation is 1. The van der Waals surface area contributed by atoms with Crippen LogP contribution in [0.25, 0.3) is 0 Å². The van der Waals surface area contributed by atoms with E-state index in [4.69, 9.17) is 5.73 Å². The zero-order valence-electron chi connectivity index (χ0n) is 12.4. The number of rotatable bonds is 8. The second-order valence-corrected chi connectivity index (χ2v) is 5.55. The molecule has 1 fully saturated rings. The van der Waals surface area contributed by atoms with E-state index < -0.39 is 0 Å². The van der Waals surface area contributed by atoms with Crippen LogP contribution in [0.15, 0.2) is 24.3 Å². The molecule has 0 heterocycles. The number of carbonyl (C=O) groups is 1. The van der Waals surface area contributed by atoms with Crippen LogP contribution in [0.2, 0.25) is 0 Å². The van der Waals surface area contributed by atoms with Crippen molar-refractivity contribution in [1.29, 1.82) is 0 Å². The summed E-state index contributed by atoms with van der Waals surface area (Å²) < 4.78 is 0. The van der Waals surface area contributed by atoms with E-state index in [0.717, 1.165) is 19.5 Å². The fraction of sp³-hybridized carbons (Fsp3) is 0.562. The van der Waals surface area contributed by atoms with E-state index in [9.17, 15) is 4.79 Å². The molecule has 0 saturated heterocycles. The highest BCUT2D eigenvalue weighted by Crippen LogP contribution is 2.22. The van der Waals surface area contributed by atoms with Gasteiger partial charge in [-0.1, -0.05) is 18.2 Å². The third kappa shape index (κ3) is 3.97. The van der Waals surface area contributed by atoms with Crippen LogP contribution in [0.3, 0.4) is 0 Å². The van der Waals surface area contributed by atoms with Crippen molar-refractivity contribution in [3.8, 4) is 0 Å². The first-order chi connectivity index (χ1) is 9.61. The molecular weight excluding hydrogens is 250 g/mol. The topological polar surface area (TPSA) is 58.4 Å². The van der Waals surface area contributed by atoms with Crippen molar-refractivity contribution in [2.45, 2.75) is 45.2 Å². The molecule has 1 amide bonds. The van der Waals surface area contributed by atoms with Crippen molar-refractivity contribution >= 4 is 11.6 Å². The number of hydrogen-bond acceptors (Lipinski definition) is 3. The van der Waals surface area contributed by atoms with Gasteiger partial charge >= 0.3 is 0 Å². The summed E-state index contributed by atoms with van der Waals surface area (Å²) in [5, 5.41) is 3.33. The second-order valence-electron chi connectivity index (χ2n) is 5.55. The molecule has 0 aromatic heterocycles. The maximum atomic E-state index is 11.5. The molecule has 2 rings (SSSR count). The van der Waals surface area contributed by atoms with Crippen molar-refractivity contribution in [3.05, 3.63) is 29.8 Å². The first-order valence-corrected chi connectivity index (χ1v) is 7.47. The van der Waals surface area contributed by atoms with Gasteiger partial charge in [-0.2, -0.15) is 0 Å². The SMILES string of the molecule is CCN(CCC(NC1CC1)C(N)=O)c1ccccc1C. The van der Waals surface area contributed by atoms with Crippen LogP contribution in [-0.2, 0) is 4.79 Å². The molecule has 0 bridgehead atoms. The van der Waals surface area contributed by atoms with E-state index in [2.05, 4.69) is 42.3 Å². The molecule has 4 nitrogen and oxygen atoms in total. The largest absolute Gasteiger partial charge is 0.372 e. The van der Waals surface area contributed by atoms with Crippen molar-refractivity contribution in [2.24, 2.45) is 5.73 Å². The highest BCUT2D eigenvalue weighted by Gasteiger charge is 2.27. The van der Waals surface area contributed by atoms with E-state index in [1.165, 1.54) is 24.1 Å². The number of anilines is 1. The second kappa shape index (κ2) is 6.75. The highest BCUT2D eigenvalue weighted by molar-refractivity contribution is 5.80. The van der Waals surface area contributed by atoms with Crippen LogP contribution in [0.1, 0.15) is 31.7 Å². The summed E-state index contributed by atoms with van der Waals surface area (Å²) >= 11 is 0. The Bertz CT molecular complexity index is 457. The fourth-order valence-corrected chi connectivity index (χ4v) is 2.49. The Labute approximate surface area is 121 Å². The van der Waals surface area contributed by atoms with Gasteiger partial charge in [-0.25, -0.2) is 0 Å². The number of amides is 1. The summed E-state index contributed by atoms with van der Waals surface area (Å²) in [5.41, 5.74) is 7.99. The van der Waals surface area contributed by atoms with Crippen LogP contribution in [0.4, 0.5) is 5.69 Å². The van der Waals surface area contributed by atoms with Crippen LogP contribution < -0.4 is 16.0 Å². The van der Waals surface area contributed by atoms with Gasteiger partial charge in [-0.05, 0) is 44.7 Å². The first-order valence-electron chi connectivity index (χ1n) is 7.47. The Morgan fingerprint density at radius 2 is 2.15 bits per heavy atom. The molecule has 0 radical (unpaired) electrons. The summed E-state index contributed by atoms with van der Waals surface area (Å²) in [6.45, 7) is 6.03. The van der Waals surface area contributed by atoms with Gasteiger partial charge in [0.1, 0.15) is 0 Å². The third-order valence-electron chi connectivity index (χ3n) is 3.88. The van der Waals surface area contributed by atoms with Crippen LogP contribution in [0.5, 0.6) is 0 Å². The fourth-order valence-electron chi connectivity index (χ4n) is 2.49. The van der Waals surface area contributed by atoms with Gasteiger partial charge < -0.3 is 16.0 Å². The Morgan fingerprint density at radius 1 is 1.45 bits per heavy atom. The van der Waals surface area contributed by atoms with E-state index in [-0.39, 0.29) is 11.9 Å². The molecular formula is C16H25N3O. The summed E-state index contributed by atoms with van der Waals surface area (Å²) in [6, 6.07) is 8.65. The molecule has 110 valence electrons. The number of nitrogens with zero attached hydrogens (tertiary/aromatic N) is 1. The van der Waals surface area contributed by atoms with Gasteiger partial charge in [0, 0.05) is 24.8 Å². The molecule has 1 aromatic rings. The van der Waals surface area contributed by atoms with Crippen LogP contribution >= 0.6 is 0 Å². The predicted octanol–water partition coefficient (Wildman–Crippen LogP) is 1.82. The molecule has 1 aromatic carbocycles. The van der Waals surface area contributed by atoms with Gasteiger partial charge in [0.05, 0.1) is 6.04 Å². The number of primary amides is 1. The van der Waals surface area contributed by atoms with Gasteiger partial charge in [0.2, 0.25) is 5.91 Å². The highest BCUT2D eigenvalue weighted by atomic mass is 16.1. The zero-order chi connectivity index (χ0) is 14.5. The van der Waals surface area contributed by atoms with E-state index in [1.807, 2.05) is 6.07 Å². The normalized spacial score (nSPS) is 15.9. The predicted molar refractivity (Wildman–Crippen MR) is 82.8 cm³/mol. The summed E-state index contributed by atoms with van der Waals surface area (Å²) in [5.74, 6) is -0.238. The Morgan fingerprint density at radius 3 is 2.70 bits per heavy atom. The summed E-state index contributed by atoms with van der Waals surface area (Å²) in [6.07, 6.45) is 3.09. The average molecular weight is 275 g/mol. The lowest BCUT2D eigenvalue weighted by molar-refractivity contribution is -0.120. The first kappa shape index (κ1) is 14.9. The standard InChI is InChI=1S/C16H25N3O/c1-3-19(15-7-5-4-6-12(15)2)11-10-14(16(17)20)18-13-8-9-13/h4-7,13-14,18H,3,8-11H2,1-2H3,(H2,17,20). The Kier molecular flexibility index (Phi) is 5.01. The molecule has 1 saturated carbocycles. The van der Waals surface area contributed by atoms with Gasteiger partial charge in [-0.3, -0.25) is 4.79 Å². The molecule has 0 spiro atoms. The van der Waals surface area contributed by atoms with E-state index in [1.54, 1.807) is 0 Å². The van der Waals surface area contributed by atoms with Crippen LogP contribution in [0, 0.1) is 6.92 Å². The minimum atomic E-state index is -0.238. The van der Waals surface area contributed by atoms with Crippen LogP contribution in [-0.4, -0.2) is 31.1 Å². The molecule has 3 N–H and O–H groups in total. The lowest BCUT2D eigenvalue weighted by Gasteiger charge is -2.27. The summed E-state index contributed by atoms with van der Waals surface area (Å²) in [4.78, 5) is 13.8. The Hall–Kier alpha value is -1.55. The monoisotopic (exact) mass is 275 g/mol. The van der Waals surface area contributed by atoms with Crippen molar-refractivity contribution in [3.63, 3.8) is 0 Å². The lowest BCUT2D eigenvalue weighted by atomic mass is 10.1. The molecule has 20 heavy (non-hydrogen) atoms. The average Bonchev–Trinajstić information content (AvgIpc) is 3.23. The molecule has 1 aliphatic carbocycles. The molecule has 1 aliphatic rings. The number of benzene rings is 1. The maximum Gasteiger partial charge on any atom is 0.234 e. The minimum Gasteiger partial charge on any atom is -0.372 e. The molecule has 1 atom stereocenters. The van der Waals surface area contributed by atoms with Crippen molar-refractivity contribution < 1.29 is 4.79 Å². The van der Waals surface area contributed by atoms with Gasteiger partial charge in [0.25, 0.3) is 0 Å².